The largest absolute Gasteiger partial charge is 0.296 e. The van der Waals surface area contributed by atoms with Crippen LogP contribution in [0, 0.1) is 0 Å². The van der Waals surface area contributed by atoms with Crippen LogP contribution in [0.3, 0.4) is 0 Å². The highest BCUT2D eigenvalue weighted by Gasteiger charge is 2.17. The van der Waals surface area contributed by atoms with Crippen molar-refractivity contribution >= 4 is 10.9 Å². The average Bonchev–Trinajstić information content (AvgIpc) is 2.98. The van der Waals surface area contributed by atoms with Crippen LogP contribution in [0.5, 0.6) is 0 Å². The van der Waals surface area contributed by atoms with Crippen molar-refractivity contribution in [3.63, 3.8) is 0 Å². The van der Waals surface area contributed by atoms with E-state index >= 15 is 0 Å². The highest BCUT2D eigenvalue weighted by atomic mass is 16.1. The molecular weight excluding hydrogens is 292 g/mol. The second kappa shape index (κ2) is 5.91. The van der Waals surface area contributed by atoms with Gasteiger partial charge in [-0.15, -0.1) is 10.2 Å². The van der Waals surface area contributed by atoms with Crippen molar-refractivity contribution in [3.8, 4) is 11.4 Å². The Hall–Kier alpha value is -2.57. The average molecular weight is 310 g/mol. The van der Waals surface area contributed by atoms with E-state index < -0.39 is 0 Å². The zero-order chi connectivity index (χ0) is 15.6. The lowest BCUT2D eigenvalue weighted by atomic mass is 10.1. The summed E-state index contributed by atoms with van der Waals surface area (Å²) in [5.41, 5.74) is 1.51. The molecule has 7 heteroatoms. The summed E-state index contributed by atoms with van der Waals surface area (Å²) in [7, 11) is 0. The molecule has 0 amide bonds. The number of hydrogen-bond donors (Lipinski definition) is 1. The van der Waals surface area contributed by atoms with Crippen LogP contribution >= 0.6 is 0 Å². The third-order valence-electron chi connectivity index (χ3n) is 4.61. The van der Waals surface area contributed by atoms with E-state index in [-0.39, 0.29) is 11.6 Å². The number of nitrogens with one attached hydrogen (secondary N) is 1. The molecule has 0 spiro atoms. The van der Waals surface area contributed by atoms with Gasteiger partial charge < -0.3 is 0 Å². The molecule has 0 radical (unpaired) electrons. The predicted molar refractivity (Wildman–Crippen MR) is 85.9 cm³/mol. The van der Waals surface area contributed by atoms with Crippen molar-refractivity contribution < 1.29 is 0 Å². The molecule has 2 aromatic heterocycles. The van der Waals surface area contributed by atoms with Crippen molar-refractivity contribution in [2.75, 3.05) is 0 Å². The summed E-state index contributed by atoms with van der Waals surface area (Å²) in [5, 5.41) is 14.5. The van der Waals surface area contributed by atoms with Gasteiger partial charge in [-0.25, -0.2) is 4.98 Å². The van der Waals surface area contributed by atoms with Crippen LogP contribution < -0.4 is 5.56 Å². The first-order valence-electron chi connectivity index (χ1n) is 8.07. The number of fused-ring (bicyclic) bond motifs is 1. The molecule has 1 aromatic carbocycles. The Bertz CT molecular complexity index is 862. The minimum atomic E-state index is 0.0431. The summed E-state index contributed by atoms with van der Waals surface area (Å²) in [4.78, 5) is 17.3. The van der Waals surface area contributed by atoms with E-state index in [4.69, 9.17) is 0 Å². The maximum absolute atomic E-state index is 12.8. The lowest BCUT2D eigenvalue weighted by molar-refractivity contribution is 0.430. The van der Waals surface area contributed by atoms with Crippen molar-refractivity contribution in [3.05, 3.63) is 34.9 Å². The number of nitrogens with zero attached hydrogens (tertiary/aromatic N) is 5. The summed E-state index contributed by atoms with van der Waals surface area (Å²) in [6, 6.07) is 5.76. The number of tetrazole rings is 1. The second-order valence-electron chi connectivity index (χ2n) is 6.07. The Morgan fingerprint density at radius 3 is 2.70 bits per heavy atom. The van der Waals surface area contributed by atoms with Crippen LogP contribution in [-0.4, -0.2) is 30.2 Å². The number of aromatic nitrogens is 6. The minimum absolute atomic E-state index is 0.0431. The molecule has 4 rings (SSSR count). The van der Waals surface area contributed by atoms with E-state index in [1.54, 1.807) is 6.33 Å². The topological polar surface area (TPSA) is 89.3 Å². The van der Waals surface area contributed by atoms with E-state index in [0.29, 0.717) is 16.7 Å². The molecule has 1 fully saturated rings. The van der Waals surface area contributed by atoms with Crippen LogP contribution in [0.15, 0.2) is 29.3 Å². The van der Waals surface area contributed by atoms with Gasteiger partial charge in [0.05, 0.1) is 17.2 Å². The number of benzene rings is 1. The van der Waals surface area contributed by atoms with E-state index in [1.165, 1.54) is 25.7 Å². The third kappa shape index (κ3) is 2.62. The van der Waals surface area contributed by atoms with Crippen LogP contribution in [0.1, 0.15) is 44.6 Å². The Kier molecular flexibility index (Phi) is 3.61. The van der Waals surface area contributed by atoms with Gasteiger partial charge in [-0.1, -0.05) is 31.7 Å². The molecule has 0 unspecified atom stereocenters. The fourth-order valence-corrected chi connectivity index (χ4v) is 3.35. The highest BCUT2D eigenvalue weighted by Crippen LogP contribution is 2.26. The Labute approximate surface area is 132 Å². The van der Waals surface area contributed by atoms with E-state index in [9.17, 15) is 4.79 Å². The van der Waals surface area contributed by atoms with Gasteiger partial charge in [0.2, 0.25) is 5.82 Å². The Balaban J connectivity index is 1.76. The smallest absolute Gasteiger partial charge is 0.261 e. The first-order chi connectivity index (χ1) is 11.3. The third-order valence-corrected chi connectivity index (χ3v) is 4.61. The zero-order valence-electron chi connectivity index (χ0n) is 12.8. The van der Waals surface area contributed by atoms with Crippen LogP contribution in [0.25, 0.3) is 22.3 Å². The molecule has 1 aliphatic carbocycles. The summed E-state index contributed by atoms with van der Waals surface area (Å²) < 4.78 is 1.82. The van der Waals surface area contributed by atoms with Crippen LogP contribution in [0.2, 0.25) is 0 Å². The molecule has 2 heterocycles. The molecule has 0 aliphatic heterocycles. The molecule has 7 nitrogen and oxygen atoms in total. The minimum Gasteiger partial charge on any atom is -0.296 e. The predicted octanol–water partition coefficient (Wildman–Crippen LogP) is 2.47. The van der Waals surface area contributed by atoms with E-state index in [0.717, 1.165) is 18.4 Å². The maximum atomic E-state index is 12.8. The lowest BCUT2D eigenvalue weighted by Crippen LogP contribution is -2.25. The molecule has 0 atom stereocenters. The van der Waals surface area contributed by atoms with Crippen LogP contribution in [-0.2, 0) is 0 Å². The molecule has 3 aromatic rings. The van der Waals surface area contributed by atoms with Gasteiger partial charge in [0.25, 0.3) is 5.56 Å². The zero-order valence-corrected chi connectivity index (χ0v) is 12.8. The normalized spacial score (nSPS) is 16.5. The van der Waals surface area contributed by atoms with E-state index in [1.807, 2.05) is 22.8 Å². The van der Waals surface area contributed by atoms with Crippen LogP contribution in [0.4, 0.5) is 0 Å². The van der Waals surface area contributed by atoms with Crippen molar-refractivity contribution in [1.82, 2.24) is 30.2 Å². The summed E-state index contributed by atoms with van der Waals surface area (Å²) in [6.45, 7) is 0. The van der Waals surface area contributed by atoms with Gasteiger partial charge in [-0.2, -0.15) is 5.21 Å². The second-order valence-corrected chi connectivity index (χ2v) is 6.07. The molecule has 1 aliphatic rings. The van der Waals surface area contributed by atoms with E-state index in [2.05, 4.69) is 25.6 Å². The number of H-pyrrole nitrogens is 1. The number of aromatic amines is 1. The highest BCUT2D eigenvalue weighted by molar-refractivity contribution is 5.82. The molecule has 118 valence electrons. The fourth-order valence-electron chi connectivity index (χ4n) is 3.35. The van der Waals surface area contributed by atoms with Crippen molar-refractivity contribution in [2.24, 2.45) is 0 Å². The van der Waals surface area contributed by atoms with Gasteiger partial charge in [0, 0.05) is 11.6 Å². The summed E-state index contributed by atoms with van der Waals surface area (Å²) in [6.07, 6.45) is 8.72. The van der Waals surface area contributed by atoms with Gasteiger partial charge >= 0.3 is 0 Å². The molecule has 1 saturated carbocycles. The van der Waals surface area contributed by atoms with Gasteiger partial charge in [-0.3, -0.25) is 9.36 Å². The molecule has 1 N–H and O–H groups in total. The molecule has 0 saturated heterocycles. The van der Waals surface area contributed by atoms with Gasteiger partial charge in [-0.05, 0) is 30.2 Å². The molecule has 23 heavy (non-hydrogen) atoms. The molecular formula is C16H18N6O. The number of rotatable bonds is 2. The maximum Gasteiger partial charge on any atom is 0.261 e. The first kappa shape index (κ1) is 14.0. The summed E-state index contributed by atoms with van der Waals surface area (Å²) >= 11 is 0. The SMILES string of the molecule is O=c1c2ccc(-c3nn[nH]n3)cc2ncn1C1CCCCCC1. The fraction of sp³-hybridized carbons (Fsp3) is 0.438. The van der Waals surface area contributed by atoms with Gasteiger partial charge in [0.1, 0.15) is 0 Å². The monoisotopic (exact) mass is 310 g/mol. The summed E-state index contributed by atoms with van der Waals surface area (Å²) in [5.74, 6) is 0.502. The molecule has 0 bridgehead atoms. The van der Waals surface area contributed by atoms with Gasteiger partial charge in [0.15, 0.2) is 0 Å². The quantitative estimate of drug-likeness (QED) is 0.734. The first-order valence-corrected chi connectivity index (χ1v) is 8.07. The van der Waals surface area contributed by atoms with Crippen molar-refractivity contribution in [1.29, 1.82) is 0 Å². The number of hydrogen-bond acceptors (Lipinski definition) is 5. The van der Waals surface area contributed by atoms with Crippen molar-refractivity contribution in [2.45, 2.75) is 44.6 Å². The lowest BCUT2D eigenvalue weighted by Gasteiger charge is -2.17. The Morgan fingerprint density at radius 1 is 1.13 bits per heavy atom. The standard InChI is InChI=1S/C16H18N6O/c23-16-13-8-7-11(15-18-20-21-19-15)9-14(13)17-10-22(16)12-5-3-1-2-4-6-12/h7-10,12H,1-6H2,(H,18,19,20,21). The Morgan fingerprint density at radius 2 is 1.96 bits per heavy atom.